The van der Waals surface area contributed by atoms with Crippen molar-refractivity contribution in [3.63, 3.8) is 0 Å². The molecule has 2 aliphatic heterocycles. The van der Waals surface area contributed by atoms with Crippen molar-refractivity contribution in [1.82, 2.24) is 34.3 Å². The van der Waals surface area contributed by atoms with Crippen molar-refractivity contribution in [2.24, 2.45) is 0 Å². The van der Waals surface area contributed by atoms with E-state index in [0.29, 0.717) is 13.2 Å². The fourth-order valence-corrected chi connectivity index (χ4v) is 4.20. The first-order valence-corrected chi connectivity index (χ1v) is 10.8. The zero-order chi connectivity index (χ0) is 21.0. The maximum Gasteiger partial charge on any atom is 0.266 e. The number of aromatic nitrogens is 5. The lowest BCUT2D eigenvalue weighted by Gasteiger charge is -2.34. The maximum absolute atomic E-state index is 12.3. The molecule has 0 amide bonds. The molecule has 3 aromatic rings. The van der Waals surface area contributed by atoms with E-state index in [2.05, 4.69) is 29.7 Å². The van der Waals surface area contributed by atoms with Crippen molar-refractivity contribution in [2.75, 3.05) is 39.3 Å². The summed E-state index contributed by atoms with van der Waals surface area (Å²) in [4.78, 5) is 21.2. The molecule has 9 nitrogen and oxygen atoms in total. The number of hydrogen-bond donors (Lipinski definition) is 0. The van der Waals surface area contributed by atoms with Crippen LogP contribution in [0, 0.1) is 0 Å². The van der Waals surface area contributed by atoms with Gasteiger partial charge in [-0.1, -0.05) is 0 Å². The van der Waals surface area contributed by atoms with E-state index in [1.54, 1.807) is 29.2 Å². The van der Waals surface area contributed by atoms with Gasteiger partial charge in [0.25, 0.3) is 5.56 Å². The standard InChI is InChI=1S/C22H27N7O2/c30-22-2-1-20(18-3-5-23-6-4-18)25-29(22)12-11-26-7-9-27(10-8-26)16-19-15-24-28-13-14-31-17-21(19)28/h1-6,15H,7-14,16-17H2. The fraction of sp³-hybridized carbons (Fsp3) is 0.455. The zero-order valence-corrected chi connectivity index (χ0v) is 17.6. The third-order valence-electron chi connectivity index (χ3n) is 6.05. The second-order valence-electron chi connectivity index (χ2n) is 8.03. The molecule has 5 rings (SSSR count). The Labute approximate surface area is 180 Å². The summed E-state index contributed by atoms with van der Waals surface area (Å²) in [6.45, 7) is 8.56. The molecule has 0 radical (unpaired) electrons. The number of fused-ring (bicyclic) bond motifs is 1. The summed E-state index contributed by atoms with van der Waals surface area (Å²) in [5, 5.41) is 9.05. The Morgan fingerprint density at radius 1 is 0.935 bits per heavy atom. The molecule has 5 heterocycles. The van der Waals surface area contributed by atoms with Gasteiger partial charge in [0.05, 0.1) is 43.9 Å². The highest BCUT2D eigenvalue weighted by Crippen LogP contribution is 2.17. The fourth-order valence-electron chi connectivity index (χ4n) is 4.20. The first kappa shape index (κ1) is 20.0. The van der Waals surface area contributed by atoms with E-state index in [9.17, 15) is 4.79 Å². The van der Waals surface area contributed by atoms with Gasteiger partial charge in [0, 0.05) is 68.9 Å². The van der Waals surface area contributed by atoms with Crippen LogP contribution in [-0.4, -0.2) is 73.7 Å². The summed E-state index contributed by atoms with van der Waals surface area (Å²) in [7, 11) is 0. The van der Waals surface area contributed by atoms with Crippen LogP contribution in [0.1, 0.15) is 11.3 Å². The van der Waals surface area contributed by atoms with Gasteiger partial charge in [-0.25, -0.2) is 4.68 Å². The Hall–Kier alpha value is -2.88. The van der Waals surface area contributed by atoms with E-state index in [4.69, 9.17) is 4.74 Å². The minimum atomic E-state index is -0.0651. The Balaban J connectivity index is 1.15. The van der Waals surface area contributed by atoms with Crippen molar-refractivity contribution < 1.29 is 4.74 Å². The highest BCUT2D eigenvalue weighted by molar-refractivity contribution is 5.56. The van der Waals surface area contributed by atoms with E-state index in [0.717, 1.165) is 63.7 Å². The predicted molar refractivity (Wildman–Crippen MR) is 115 cm³/mol. The first-order chi connectivity index (χ1) is 15.3. The van der Waals surface area contributed by atoms with Gasteiger partial charge in [-0.3, -0.25) is 24.3 Å². The largest absolute Gasteiger partial charge is 0.373 e. The molecule has 0 aliphatic carbocycles. The smallest absolute Gasteiger partial charge is 0.266 e. The molecule has 31 heavy (non-hydrogen) atoms. The molecule has 3 aromatic heterocycles. The molecule has 2 aliphatic rings. The first-order valence-electron chi connectivity index (χ1n) is 10.8. The monoisotopic (exact) mass is 421 g/mol. The third-order valence-corrected chi connectivity index (χ3v) is 6.05. The summed E-state index contributed by atoms with van der Waals surface area (Å²) >= 11 is 0. The van der Waals surface area contributed by atoms with Crippen LogP contribution in [0.3, 0.4) is 0 Å². The van der Waals surface area contributed by atoms with Crippen LogP contribution in [0.5, 0.6) is 0 Å². The Morgan fingerprint density at radius 2 is 1.74 bits per heavy atom. The van der Waals surface area contributed by atoms with Crippen LogP contribution in [0.15, 0.2) is 47.7 Å². The zero-order valence-electron chi connectivity index (χ0n) is 17.6. The topological polar surface area (TPSA) is 81.3 Å². The average molecular weight is 422 g/mol. The Morgan fingerprint density at radius 3 is 2.58 bits per heavy atom. The number of nitrogens with zero attached hydrogens (tertiary/aromatic N) is 7. The predicted octanol–water partition coefficient (Wildman–Crippen LogP) is 0.850. The number of rotatable bonds is 6. The summed E-state index contributed by atoms with van der Waals surface area (Å²) in [5.74, 6) is 0. The van der Waals surface area contributed by atoms with Crippen molar-refractivity contribution in [3.8, 4) is 11.3 Å². The van der Waals surface area contributed by atoms with Crippen LogP contribution in [0.2, 0.25) is 0 Å². The SMILES string of the molecule is O=c1ccc(-c2ccncc2)nn1CCN1CCN(Cc2cnn3c2COCC3)CC1. The molecule has 1 fully saturated rings. The van der Waals surface area contributed by atoms with Crippen LogP contribution >= 0.6 is 0 Å². The second-order valence-corrected chi connectivity index (χ2v) is 8.03. The molecule has 0 unspecified atom stereocenters. The minimum Gasteiger partial charge on any atom is -0.373 e. The highest BCUT2D eigenvalue weighted by Gasteiger charge is 2.21. The van der Waals surface area contributed by atoms with E-state index in [1.165, 1.54) is 11.3 Å². The molecule has 0 N–H and O–H groups in total. The maximum atomic E-state index is 12.3. The molecular formula is C22H27N7O2. The third kappa shape index (κ3) is 4.58. The lowest BCUT2D eigenvalue weighted by Crippen LogP contribution is -2.47. The molecule has 0 bridgehead atoms. The summed E-state index contributed by atoms with van der Waals surface area (Å²) in [6.07, 6.45) is 5.46. The Bertz CT molecular complexity index is 1070. The van der Waals surface area contributed by atoms with E-state index >= 15 is 0 Å². The molecule has 0 atom stereocenters. The van der Waals surface area contributed by atoms with Gasteiger partial charge in [0.15, 0.2) is 0 Å². The van der Waals surface area contributed by atoms with Gasteiger partial charge in [0.2, 0.25) is 0 Å². The van der Waals surface area contributed by atoms with Crippen molar-refractivity contribution in [1.29, 1.82) is 0 Å². The molecule has 0 spiro atoms. The normalized spacial score (nSPS) is 17.5. The number of piperazine rings is 1. The highest BCUT2D eigenvalue weighted by atomic mass is 16.5. The Kier molecular flexibility index (Phi) is 5.88. The number of hydrogen-bond acceptors (Lipinski definition) is 7. The summed E-state index contributed by atoms with van der Waals surface area (Å²) < 4.78 is 9.24. The van der Waals surface area contributed by atoms with Gasteiger partial charge in [-0.05, 0) is 18.2 Å². The molecule has 0 aromatic carbocycles. The average Bonchev–Trinajstić information content (AvgIpc) is 3.23. The number of pyridine rings is 1. The van der Waals surface area contributed by atoms with Gasteiger partial charge >= 0.3 is 0 Å². The molecular weight excluding hydrogens is 394 g/mol. The summed E-state index contributed by atoms with van der Waals surface area (Å²) in [6, 6.07) is 7.17. The van der Waals surface area contributed by atoms with Crippen molar-refractivity contribution >= 4 is 0 Å². The summed E-state index contributed by atoms with van der Waals surface area (Å²) in [5.41, 5.74) is 4.18. The quantitative estimate of drug-likeness (QED) is 0.584. The molecule has 1 saturated heterocycles. The lowest BCUT2D eigenvalue weighted by atomic mass is 10.2. The van der Waals surface area contributed by atoms with Gasteiger partial charge < -0.3 is 4.74 Å². The van der Waals surface area contributed by atoms with Gasteiger partial charge in [-0.2, -0.15) is 10.2 Å². The minimum absolute atomic E-state index is 0.0651. The lowest BCUT2D eigenvalue weighted by molar-refractivity contribution is 0.0775. The van der Waals surface area contributed by atoms with Crippen molar-refractivity contribution in [3.05, 3.63) is 64.5 Å². The van der Waals surface area contributed by atoms with Crippen molar-refractivity contribution in [2.45, 2.75) is 26.2 Å². The van der Waals surface area contributed by atoms with Gasteiger partial charge in [-0.15, -0.1) is 0 Å². The molecule has 162 valence electrons. The second kappa shape index (κ2) is 9.09. The van der Waals surface area contributed by atoms with Crippen LogP contribution in [-0.2, 0) is 31.0 Å². The van der Waals surface area contributed by atoms with E-state index < -0.39 is 0 Å². The van der Waals surface area contributed by atoms with Crippen LogP contribution < -0.4 is 5.56 Å². The number of ether oxygens (including phenoxy) is 1. The van der Waals surface area contributed by atoms with E-state index in [-0.39, 0.29) is 5.56 Å². The molecule has 0 saturated carbocycles. The van der Waals surface area contributed by atoms with Crippen LogP contribution in [0.4, 0.5) is 0 Å². The van der Waals surface area contributed by atoms with Crippen LogP contribution in [0.25, 0.3) is 11.3 Å². The molecule has 9 heteroatoms. The van der Waals surface area contributed by atoms with Gasteiger partial charge in [0.1, 0.15) is 0 Å². The van der Waals surface area contributed by atoms with E-state index in [1.807, 2.05) is 18.3 Å².